The van der Waals surface area contributed by atoms with Gasteiger partial charge in [-0.3, -0.25) is 9.59 Å². The molecule has 1 rings (SSSR count). The van der Waals surface area contributed by atoms with Crippen LogP contribution in [0.3, 0.4) is 0 Å². The molecule has 19 heavy (non-hydrogen) atoms. The van der Waals surface area contributed by atoms with Gasteiger partial charge in [0, 0.05) is 13.5 Å². The molecule has 0 aliphatic heterocycles. The fourth-order valence-electron chi connectivity index (χ4n) is 1.60. The summed E-state index contributed by atoms with van der Waals surface area (Å²) in [6, 6.07) is 7.72. The topological polar surface area (TPSA) is 55.4 Å². The second-order valence-corrected chi connectivity index (χ2v) is 4.17. The minimum Gasteiger partial charge on any atom is -0.469 e. The third-order valence-corrected chi connectivity index (χ3v) is 2.52. The van der Waals surface area contributed by atoms with Gasteiger partial charge in [-0.1, -0.05) is 36.4 Å². The molecule has 0 radical (unpaired) electrons. The molecule has 102 valence electrons. The molecule has 0 heterocycles. The van der Waals surface area contributed by atoms with Crippen LogP contribution in [0.4, 0.5) is 0 Å². The van der Waals surface area contributed by atoms with E-state index in [0.717, 1.165) is 17.5 Å². The second-order valence-electron chi connectivity index (χ2n) is 4.17. The average Bonchev–Trinajstić information content (AvgIpc) is 2.38. The van der Waals surface area contributed by atoms with Crippen molar-refractivity contribution >= 4 is 18.0 Å². The van der Waals surface area contributed by atoms with Crippen molar-refractivity contribution in [1.82, 2.24) is 5.32 Å². The maximum atomic E-state index is 11.2. The molecule has 0 aliphatic rings. The molecule has 4 nitrogen and oxygen atoms in total. The summed E-state index contributed by atoms with van der Waals surface area (Å²) in [5, 5.41) is 2.73. The molecule has 0 fully saturated rings. The zero-order chi connectivity index (χ0) is 14.1. The Morgan fingerprint density at radius 1 is 1.37 bits per heavy atom. The van der Waals surface area contributed by atoms with Crippen molar-refractivity contribution in [2.75, 3.05) is 13.7 Å². The number of ether oxygens (including phenoxy) is 1. The van der Waals surface area contributed by atoms with Gasteiger partial charge < -0.3 is 10.1 Å². The first-order valence-electron chi connectivity index (χ1n) is 6.18. The first-order valence-corrected chi connectivity index (χ1v) is 6.18. The van der Waals surface area contributed by atoms with Gasteiger partial charge in [0.15, 0.2) is 0 Å². The summed E-state index contributed by atoms with van der Waals surface area (Å²) in [6.07, 6.45) is 5.03. The van der Waals surface area contributed by atoms with Crippen LogP contribution in [0.5, 0.6) is 0 Å². The van der Waals surface area contributed by atoms with Gasteiger partial charge in [0.1, 0.15) is 0 Å². The quantitative estimate of drug-likeness (QED) is 0.629. The van der Waals surface area contributed by atoms with E-state index in [4.69, 9.17) is 0 Å². The van der Waals surface area contributed by atoms with Gasteiger partial charge in [-0.15, -0.1) is 0 Å². The maximum Gasteiger partial charge on any atom is 0.309 e. The van der Waals surface area contributed by atoms with E-state index in [9.17, 15) is 9.59 Å². The van der Waals surface area contributed by atoms with Crippen LogP contribution in [0.2, 0.25) is 0 Å². The number of hydrogen-bond donors (Lipinski definition) is 1. The maximum absolute atomic E-state index is 11.2. The Bertz CT molecular complexity index is 466. The fourth-order valence-corrected chi connectivity index (χ4v) is 1.60. The van der Waals surface area contributed by atoms with Crippen LogP contribution in [0.15, 0.2) is 30.3 Å². The molecule has 4 heteroatoms. The highest BCUT2D eigenvalue weighted by atomic mass is 16.5. The number of methoxy groups -OCH3 is 1. The first kappa shape index (κ1) is 15.0. The minimum absolute atomic E-state index is 0.0199. The summed E-state index contributed by atoms with van der Waals surface area (Å²) in [5.74, 6) is -0.264. The number of carbonyl (C=O) groups is 2. The standard InChI is InChI=1S/C15H19NO3/c1-12(17)16-9-4-3-6-13-7-5-8-14(10-13)11-15(18)19-2/h3,5-8,10H,4,9,11H2,1-2H3,(H,16,17). The van der Waals surface area contributed by atoms with Gasteiger partial charge >= 0.3 is 5.97 Å². The van der Waals surface area contributed by atoms with E-state index in [-0.39, 0.29) is 18.3 Å². The molecule has 0 aromatic heterocycles. The van der Waals surface area contributed by atoms with Crippen molar-refractivity contribution in [1.29, 1.82) is 0 Å². The van der Waals surface area contributed by atoms with E-state index in [2.05, 4.69) is 10.1 Å². The predicted molar refractivity (Wildman–Crippen MR) is 74.5 cm³/mol. The molecule has 1 aromatic carbocycles. The highest BCUT2D eigenvalue weighted by Gasteiger charge is 2.02. The smallest absolute Gasteiger partial charge is 0.309 e. The van der Waals surface area contributed by atoms with Crippen LogP contribution in [0, 0.1) is 0 Å². The van der Waals surface area contributed by atoms with E-state index >= 15 is 0 Å². The Labute approximate surface area is 113 Å². The molecular weight excluding hydrogens is 242 g/mol. The van der Waals surface area contributed by atoms with E-state index < -0.39 is 0 Å². The number of carbonyl (C=O) groups excluding carboxylic acids is 2. The molecule has 1 N–H and O–H groups in total. The molecule has 1 amide bonds. The Balaban J connectivity index is 2.49. The third-order valence-electron chi connectivity index (χ3n) is 2.52. The Kier molecular flexibility index (Phi) is 6.36. The van der Waals surface area contributed by atoms with Gasteiger partial charge in [0.25, 0.3) is 0 Å². The van der Waals surface area contributed by atoms with Crippen LogP contribution in [-0.4, -0.2) is 25.5 Å². The molecule has 0 unspecified atom stereocenters. The van der Waals surface area contributed by atoms with E-state index in [1.165, 1.54) is 14.0 Å². The van der Waals surface area contributed by atoms with Crippen LogP contribution in [0.25, 0.3) is 6.08 Å². The summed E-state index contributed by atoms with van der Waals surface area (Å²) in [7, 11) is 1.38. The lowest BCUT2D eigenvalue weighted by Crippen LogP contribution is -2.20. The number of nitrogens with one attached hydrogen (secondary N) is 1. The molecule has 0 aliphatic carbocycles. The zero-order valence-corrected chi connectivity index (χ0v) is 11.3. The second kappa shape index (κ2) is 8.08. The first-order chi connectivity index (χ1) is 9.11. The normalized spacial score (nSPS) is 10.4. The largest absolute Gasteiger partial charge is 0.469 e. The van der Waals surface area contributed by atoms with E-state index in [1.807, 2.05) is 36.4 Å². The Morgan fingerprint density at radius 3 is 2.84 bits per heavy atom. The minimum atomic E-state index is -0.244. The zero-order valence-electron chi connectivity index (χ0n) is 11.3. The molecule has 1 aromatic rings. The summed E-state index contributed by atoms with van der Waals surface area (Å²) in [4.78, 5) is 21.8. The Hall–Kier alpha value is -2.10. The van der Waals surface area contributed by atoms with Crippen molar-refractivity contribution in [2.24, 2.45) is 0 Å². The van der Waals surface area contributed by atoms with E-state index in [0.29, 0.717) is 6.54 Å². The van der Waals surface area contributed by atoms with Gasteiger partial charge in [0.05, 0.1) is 13.5 Å². The molecule has 0 saturated carbocycles. The van der Waals surface area contributed by atoms with Crippen LogP contribution in [-0.2, 0) is 20.7 Å². The van der Waals surface area contributed by atoms with Gasteiger partial charge in [-0.05, 0) is 17.5 Å². The van der Waals surface area contributed by atoms with Crippen molar-refractivity contribution < 1.29 is 14.3 Å². The van der Waals surface area contributed by atoms with Crippen LogP contribution >= 0.6 is 0 Å². The summed E-state index contributed by atoms with van der Waals surface area (Å²) < 4.78 is 4.63. The number of amides is 1. The lowest BCUT2D eigenvalue weighted by molar-refractivity contribution is -0.139. The third kappa shape index (κ3) is 6.41. The monoisotopic (exact) mass is 261 g/mol. The van der Waals surface area contributed by atoms with Crippen LogP contribution in [0.1, 0.15) is 24.5 Å². The van der Waals surface area contributed by atoms with Crippen LogP contribution < -0.4 is 5.32 Å². The van der Waals surface area contributed by atoms with Crippen molar-refractivity contribution in [3.63, 3.8) is 0 Å². The highest BCUT2D eigenvalue weighted by Crippen LogP contribution is 2.08. The average molecular weight is 261 g/mol. The number of benzene rings is 1. The SMILES string of the molecule is COC(=O)Cc1cccc(C=CCCNC(C)=O)c1. The molecule has 0 saturated heterocycles. The molecule has 0 bridgehead atoms. The predicted octanol–water partition coefficient (Wildman–Crippen LogP) is 1.94. The Morgan fingerprint density at radius 2 is 2.16 bits per heavy atom. The van der Waals surface area contributed by atoms with Crippen molar-refractivity contribution in [2.45, 2.75) is 19.8 Å². The lowest BCUT2D eigenvalue weighted by Gasteiger charge is -2.01. The summed E-state index contributed by atoms with van der Waals surface area (Å²) in [6.45, 7) is 2.13. The van der Waals surface area contributed by atoms with Gasteiger partial charge in [0.2, 0.25) is 5.91 Å². The van der Waals surface area contributed by atoms with Crippen molar-refractivity contribution in [3.05, 3.63) is 41.5 Å². The number of rotatable bonds is 6. The van der Waals surface area contributed by atoms with Gasteiger partial charge in [-0.2, -0.15) is 0 Å². The van der Waals surface area contributed by atoms with E-state index in [1.54, 1.807) is 0 Å². The molecular formula is C15H19NO3. The highest BCUT2D eigenvalue weighted by molar-refractivity contribution is 5.73. The number of esters is 1. The van der Waals surface area contributed by atoms with Gasteiger partial charge in [-0.25, -0.2) is 0 Å². The molecule has 0 spiro atoms. The summed E-state index contributed by atoms with van der Waals surface area (Å²) >= 11 is 0. The number of hydrogen-bond acceptors (Lipinski definition) is 3. The molecule has 0 atom stereocenters. The van der Waals surface area contributed by atoms with Crippen molar-refractivity contribution in [3.8, 4) is 0 Å². The fraction of sp³-hybridized carbons (Fsp3) is 0.333. The lowest BCUT2D eigenvalue weighted by atomic mass is 10.1. The summed E-state index contributed by atoms with van der Waals surface area (Å²) in [5.41, 5.74) is 1.96.